The minimum atomic E-state index is -3.77. The molecule has 1 heterocycles. The molecule has 1 aromatic carbocycles. The maximum Gasteiger partial charge on any atom is 0.265 e. The monoisotopic (exact) mass is 278 g/mol. The summed E-state index contributed by atoms with van der Waals surface area (Å²) < 4.78 is 27.0. The third-order valence-corrected chi connectivity index (χ3v) is 4.24. The fraction of sp³-hybridized carbons (Fsp3) is 0.167. The van der Waals surface area contributed by atoms with Crippen molar-refractivity contribution >= 4 is 21.5 Å². The fourth-order valence-corrected chi connectivity index (χ4v) is 3.13. The van der Waals surface area contributed by atoms with Crippen molar-refractivity contribution in [1.82, 2.24) is 9.97 Å². The molecule has 0 aliphatic heterocycles. The van der Waals surface area contributed by atoms with Crippen LogP contribution in [0.15, 0.2) is 35.6 Å². The molecule has 0 unspecified atom stereocenters. The van der Waals surface area contributed by atoms with Gasteiger partial charge >= 0.3 is 0 Å². The quantitative estimate of drug-likeness (QED) is 0.829. The summed E-state index contributed by atoms with van der Waals surface area (Å²) in [6.07, 6.45) is 4.20. The number of nitrogens with one attached hydrogen (secondary N) is 1. The average Bonchev–Trinajstić information content (AvgIpc) is 2.35. The van der Waals surface area contributed by atoms with E-state index in [1.807, 2.05) is 0 Å². The van der Waals surface area contributed by atoms with Crippen LogP contribution in [0.4, 0.5) is 11.5 Å². The van der Waals surface area contributed by atoms with E-state index in [0.717, 1.165) is 0 Å². The molecule has 0 spiro atoms. The summed E-state index contributed by atoms with van der Waals surface area (Å²) in [6, 6.07) is 3.50. The van der Waals surface area contributed by atoms with E-state index >= 15 is 0 Å². The standard InChI is InChI=1S/C12H14N4O2S/c1-8-3-4-9(2)12(11(8)13)19(17,18)16-10-7-14-5-6-15-10/h3-7H,13H2,1-2H3,(H,15,16). The number of aromatic nitrogens is 2. The van der Waals surface area contributed by atoms with Crippen molar-refractivity contribution in [1.29, 1.82) is 0 Å². The second-order valence-electron chi connectivity index (χ2n) is 4.14. The summed E-state index contributed by atoms with van der Waals surface area (Å²) in [5.41, 5.74) is 7.41. The molecule has 19 heavy (non-hydrogen) atoms. The van der Waals surface area contributed by atoms with Crippen LogP contribution in [0.5, 0.6) is 0 Å². The number of hydrogen-bond donors (Lipinski definition) is 2. The van der Waals surface area contributed by atoms with Crippen molar-refractivity contribution in [3.05, 3.63) is 41.9 Å². The first-order chi connectivity index (χ1) is 8.92. The van der Waals surface area contributed by atoms with Crippen LogP contribution in [0.25, 0.3) is 0 Å². The predicted molar refractivity (Wildman–Crippen MR) is 73.2 cm³/mol. The Labute approximate surface area is 111 Å². The van der Waals surface area contributed by atoms with Crippen molar-refractivity contribution in [2.45, 2.75) is 18.7 Å². The largest absolute Gasteiger partial charge is 0.397 e. The van der Waals surface area contributed by atoms with E-state index in [0.29, 0.717) is 11.1 Å². The van der Waals surface area contributed by atoms with Gasteiger partial charge in [-0.05, 0) is 25.0 Å². The molecule has 0 amide bonds. The second-order valence-corrected chi connectivity index (χ2v) is 5.76. The van der Waals surface area contributed by atoms with E-state index < -0.39 is 10.0 Å². The van der Waals surface area contributed by atoms with Gasteiger partial charge in [-0.2, -0.15) is 0 Å². The first-order valence-corrected chi connectivity index (χ1v) is 7.04. The molecule has 0 aliphatic carbocycles. The highest BCUT2D eigenvalue weighted by molar-refractivity contribution is 7.93. The molecule has 3 N–H and O–H groups in total. The Kier molecular flexibility index (Phi) is 3.39. The summed E-state index contributed by atoms with van der Waals surface area (Å²) in [6.45, 7) is 3.46. The Hall–Kier alpha value is -2.15. The zero-order valence-electron chi connectivity index (χ0n) is 10.6. The Balaban J connectivity index is 2.49. The van der Waals surface area contributed by atoms with Gasteiger partial charge in [0.1, 0.15) is 4.90 Å². The van der Waals surface area contributed by atoms with E-state index in [4.69, 9.17) is 5.73 Å². The highest BCUT2D eigenvalue weighted by Crippen LogP contribution is 2.27. The van der Waals surface area contributed by atoms with Gasteiger partial charge in [0.2, 0.25) is 0 Å². The van der Waals surface area contributed by atoms with E-state index in [1.54, 1.807) is 26.0 Å². The van der Waals surface area contributed by atoms with Gasteiger partial charge in [0.25, 0.3) is 10.0 Å². The Morgan fingerprint density at radius 1 is 1.16 bits per heavy atom. The molecule has 7 heteroatoms. The summed E-state index contributed by atoms with van der Waals surface area (Å²) in [7, 11) is -3.77. The first-order valence-electron chi connectivity index (χ1n) is 5.56. The van der Waals surface area contributed by atoms with Gasteiger partial charge in [0.15, 0.2) is 5.82 Å². The molecule has 0 radical (unpaired) electrons. The number of rotatable bonds is 3. The summed E-state index contributed by atoms with van der Waals surface area (Å²) in [4.78, 5) is 7.76. The number of hydrogen-bond acceptors (Lipinski definition) is 5. The van der Waals surface area contributed by atoms with Crippen molar-refractivity contribution < 1.29 is 8.42 Å². The van der Waals surface area contributed by atoms with Gasteiger partial charge in [0.05, 0.1) is 11.9 Å². The number of nitrogens with zero attached hydrogens (tertiary/aromatic N) is 2. The molecule has 1 aromatic heterocycles. The number of benzene rings is 1. The summed E-state index contributed by atoms with van der Waals surface area (Å²) in [5.74, 6) is 0.155. The Bertz CT molecular complexity index is 699. The molecular weight excluding hydrogens is 264 g/mol. The lowest BCUT2D eigenvalue weighted by atomic mass is 10.1. The molecule has 6 nitrogen and oxygen atoms in total. The zero-order chi connectivity index (χ0) is 14.0. The van der Waals surface area contributed by atoms with Crippen LogP contribution >= 0.6 is 0 Å². The first kappa shape index (κ1) is 13.3. The third-order valence-electron chi connectivity index (χ3n) is 2.68. The average molecular weight is 278 g/mol. The zero-order valence-corrected chi connectivity index (χ0v) is 11.4. The smallest absolute Gasteiger partial charge is 0.265 e. The normalized spacial score (nSPS) is 11.3. The third kappa shape index (κ3) is 2.65. The van der Waals surface area contributed by atoms with Crippen LogP contribution in [0, 0.1) is 13.8 Å². The highest BCUT2D eigenvalue weighted by atomic mass is 32.2. The van der Waals surface area contributed by atoms with E-state index in [2.05, 4.69) is 14.7 Å². The lowest BCUT2D eigenvalue weighted by Gasteiger charge is -2.13. The van der Waals surface area contributed by atoms with Crippen molar-refractivity contribution in [3.8, 4) is 0 Å². The number of anilines is 2. The van der Waals surface area contributed by atoms with Gasteiger partial charge in [-0.1, -0.05) is 12.1 Å². The highest BCUT2D eigenvalue weighted by Gasteiger charge is 2.21. The van der Waals surface area contributed by atoms with Crippen LogP contribution in [0.3, 0.4) is 0 Å². The van der Waals surface area contributed by atoms with Crippen molar-refractivity contribution in [3.63, 3.8) is 0 Å². The molecule has 0 saturated carbocycles. The van der Waals surface area contributed by atoms with Crippen LogP contribution < -0.4 is 10.5 Å². The Morgan fingerprint density at radius 2 is 1.84 bits per heavy atom. The number of nitrogen functional groups attached to an aromatic ring is 1. The van der Waals surface area contributed by atoms with Gasteiger partial charge in [-0.15, -0.1) is 0 Å². The molecule has 100 valence electrons. The number of sulfonamides is 1. The maximum atomic E-state index is 12.3. The van der Waals surface area contributed by atoms with E-state index in [9.17, 15) is 8.42 Å². The van der Waals surface area contributed by atoms with Crippen LogP contribution in [-0.2, 0) is 10.0 Å². The molecule has 0 atom stereocenters. The van der Waals surface area contributed by atoms with Crippen LogP contribution in [0.2, 0.25) is 0 Å². The Morgan fingerprint density at radius 3 is 2.47 bits per heavy atom. The number of nitrogens with two attached hydrogens (primary N) is 1. The molecule has 2 rings (SSSR count). The summed E-state index contributed by atoms with van der Waals surface area (Å²) >= 11 is 0. The van der Waals surface area contributed by atoms with Crippen molar-refractivity contribution in [2.24, 2.45) is 0 Å². The van der Waals surface area contributed by atoms with E-state index in [-0.39, 0.29) is 16.4 Å². The molecule has 0 fully saturated rings. The minimum Gasteiger partial charge on any atom is -0.397 e. The number of aryl methyl sites for hydroxylation is 2. The lowest BCUT2D eigenvalue weighted by Crippen LogP contribution is -2.17. The minimum absolute atomic E-state index is 0.0816. The second kappa shape index (κ2) is 4.85. The van der Waals surface area contributed by atoms with E-state index in [1.165, 1.54) is 18.6 Å². The van der Waals surface area contributed by atoms with Crippen LogP contribution in [-0.4, -0.2) is 18.4 Å². The predicted octanol–water partition coefficient (Wildman–Crippen LogP) is 1.48. The molecule has 0 saturated heterocycles. The summed E-state index contributed by atoms with van der Waals surface area (Å²) in [5, 5.41) is 0. The SMILES string of the molecule is Cc1ccc(C)c(S(=O)(=O)Nc2cnccn2)c1N. The lowest BCUT2D eigenvalue weighted by molar-refractivity contribution is 0.600. The van der Waals surface area contributed by atoms with Gasteiger partial charge in [-0.3, -0.25) is 9.71 Å². The van der Waals surface area contributed by atoms with Gasteiger partial charge in [-0.25, -0.2) is 13.4 Å². The van der Waals surface area contributed by atoms with Gasteiger partial charge in [0, 0.05) is 12.4 Å². The molecule has 0 bridgehead atoms. The van der Waals surface area contributed by atoms with Crippen molar-refractivity contribution in [2.75, 3.05) is 10.5 Å². The molecule has 2 aromatic rings. The fourth-order valence-electron chi connectivity index (χ4n) is 1.70. The molecule has 0 aliphatic rings. The topological polar surface area (TPSA) is 98.0 Å². The van der Waals surface area contributed by atoms with Crippen LogP contribution in [0.1, 0.15) is 11.1 Å². The maximum absolute atomic E-state index is 12.3. The molecular formula is C12H14N4O2S. The van der Waals surface area contributed by atoms with Gasteiger partial charge < -0.3 is 5.73 Å².